The Morgan fingerprint density at radius 3 is 2.71 bits per heavy atom. The smallest absolute Gasteiger partial charge is 0.110 e. The number of hydrogen-bond acceptors (Lipinski definition) is 2. The fraction of sp³-hybridized carbons (Fsp3) is 0.500. The molecule has 3 heteroatoms. The van der Waals surface area contributed by atoms with Crippen LogP contribution in [0.15, 0.2) is 36.7 Å². The van der Waals surface area contributed by atoms with Gasteiger partial charge in [-0.3, -0.25) is 0 Å². The van der Waals surface area contributed by atoms with Crippen molar-refractivity contribution >= 4 is 0 Å². The van der Waals surface area contributed by atoms with Crippen molar-refractivity contribution in [1.29, 1.82) is 0 Å². The molecular formula is C18H27N3. The first-order valence-corrected chi connectivity index (χ1v) is 8.11. The van der Waals surface area contributed by atoms with Crippen molar-refractivity contribution < 1.29 is 0 Å². The van der Waals surface area contributed by atoms with E-state index in [2.05, 4.69) is 66.1 Å². The largest absolute Gasteiger partial charge is 0.335 e. The minimum absolute atomic E-state index is 0.341. The molecule has 114 valence electrons. The van der Waals surface area contributed by atoms with Gasteiger partial charge in [0, 0.05) is 31.4 Å². The zero-order valence-electron chi connectivity index (χ0n) is 13.5. The van der Waals surface area contributed by atoms with Gasteiger partial charge in [-0.25, -0.2) is 4.98 Å². The first kappa shape index (κ1) is 15.8. The molecule has 21 heavy (non-hydrogen) atoms. The third-order valence-electron chi connectivity index (χ3n) is 3.98. The minimum atomic E-state index is 0.341. The van der Waals surface area contributed by atoms with Crippen LogP contribution in [0.5, 0.6) is 0 Å². The number of nitrogens with zero attached hydrogens (tertiary/aromatic N) is 2. The number of nitrogens with one attached hydrogen (secondary N) is 1. The molecule has 1 unspecified atom stereocenters. The first-order valence-electron chi connectivity index (χ1n) is 8.11. The highest BCUT2D eigenvalue weighted by Gasteiger charge is 2.16. The molecule has 0 saturated carbocycles. The van der Waals surface area contributed by atoms with Crippen LogP contribution >= 0.6 is 0 Å². The molecule has 2 rings (SSSR count). The number of hydrogen-bond donors (Lipinski definition) is 1. The van der Waals surface area contributed by atoms with Crippen LogP contribution in [0.3, 0.4) is 0 Å². The highest BCUT2D eigenvalue weighted by Crippen LogP contribution is 2.22. The van der Waals surface area contributed by atoms with Crippen LogP contribution in [-0.2, 0) is 19.4 Å². The highest BCUT2D eigenvalue weighted by atomic mass is 15.1. The van der Waals surface area contributed by atoms with Crippen LogP contribution in [0.2, 0.25) is 0 Å². The molecule has 0 aliphatic rings. The Labute approximate surface area is 128 Å². The number of aryl methyl sites for hydroxylation is 2. The van der Waals surface area contributed by atoms with E-state index in [0.717, 1.165) is 38.2 Å². The summed E-state index contributed by atoms with van der Waals surface area (Å²) in [6, 6.07) is 9.11. The van der Waals surface area contributed by atoms with Crippen molar-refractivity contribution in [2.24, 2.45) is 0 Å². The SMILES string of the molecule is CCCNC(Cc1nccn1CC)c1ccccc1CC. The van der Waals surface area contributed by atoms with Crippen molar-refractivity contribution in [1.82, 2.24) is 14.9 Å². The van der Waals surface area contributed by atoms with Gasteiger partial charge in [0.2, 0.25) is 0 Å². The molecule has 2 aromatic rings. The zero-order chi connectivity index (χ0) is 15.1. The van der Waals surface area contributed by atoms with Crippen LogP contribution in [0.1, 0.15) is 50.2 Å². The van der Waals surface area contributed by atoms with Crippen LogP contribution in [0.25, 0.3) is 0 Å². The van der Waals surface area contributed by atoms with E-state index in [1.165, 1.54) is 11.1 Å². The van der Waals surface area contributed by atoms with Gasteiger partial charge in [0.15, 0.2) is 0 Å². The summed E-state index contributed by atoms with van der Waals surface area (Å²) >= 11 is 0. The molecule has 0 radical (unpaired) electrons. The van der Waals surface area contributed by atoms with E-state index in [-0.39, 0.29) is 0 Å². The molecule has 0 fully saturated rings. The summed E-state index contributed by atoms with van der Waals surface area (Å²) in [6.07, 6.45) is 7.13. The molecule has 1 atom stereocenters. The standard InChI is InChI=1S/C18H27N3/c1-4-11-19-17(14-18-20-12-13-21(18)6-3)16-10-8-7-9-15(16)5-2/h7-10,12-13,17,19H,4-6,11,14H2,1-3H3. The van der Waals surface area contributed by atoms with Crippen molar-refractivity contribution in [3.8, 4) is 0 Å². The number of aromatic nitrogens is 2. The van der Waals surface area contributed by atoms with Gasteiger partial charge in [-0.2, -0.15) is 0 Å². The maximum Gasteiger partial charge on any atom is 0.110 e. The van der Waals surface area contributed by atoms with Gasteiger partial charge in [-0.1, -0.05) is 38.1 Å². The van der Waals surface area contributed by atoms with E-state index in [9.17, 15) is 0 Å². The lowest BCUT2D eigenvalue weighted by atomic mass is 9.96. The minimum Gasteiger partial charge on any atom is -0.335 e. The molecule has 3 nitrogen and oxygen atoms in total. The first-order chi connectivity index (χ1) is 10.3. The molecule has 0 bridgehead atoms. The molecule has 0 aliphatic carbocycles. The fourth-order valence-electron chi connectivity index (χ4n) is 2.81. The maximum absolute atomic E-state index is 4.54. The van der Waals surface area contributed by atoms with Gasteiger partial charge < -0.3 is 9.88 Å². The monoisotopic (exact) mass is 285 g/mol. The number of imidazole rings is 1. The van der Waals surface area contributed by atoms with Gasteiger partial charge in [0.25, 0.3) is 0 Å². The second-order valence-corrected chi connectivity index (χ2v) is 5.39. The molecule has 0 saturated heterocycles. The Hall–Kier alpha value is -1.61. The van der Waals surface area contributed by atoms with E-state index < -0.39 is 0 Å². The Balaban J connectivity index is 2.25. The summed E-state index contributed by atoms with van der Waals surface area (Å²) in [6.45, 7) is 8.62. The Kier molecular flexibility index (Phi) is 6.00. The van der Waals surface area contributed by atoms with E-state index in [0.29, 0.717) is 6.04 Å². The average molecular weight is 285 g/mol. The lowest BCUT2D eigenvalue weighted by molar-refractivity contribution is 0.503. The summed E-state index contributed by atoms with van der Waals surface area (Å²) in [7, 11) is 0. The van der Waals surface area contributed by atoms with Crippen LogP contribution in [0.4, 0.5) is 0 Å². The summed E-state index contributed by atoms with van der Waals surface area (Å²) in [4.78, 5) is 4.54. The van der Waals surface area contributed by atoms with Gasteiger partial charge >= 0.3 is 0 Å². The summed E-state index contributed by atoms with van der Waals surface area (Å²) < 4.78 is 2.23. The van der Waals surface area contributed by atoms with Crippen LogP contribution in [0, 0.1) is 0 Å². The maximum atomic E-state index is 4.54. The Morgan fingerprint density at radius 2 is 2.00 bits per heavy atom. The predicted octanol–water partition coefficient (Wildman–Crippen LogP) is 3.75. The van der Waals surface area contributed by atoms with Crippen molar-refractivity contribution in [2.45, 2.75) is 52.6 Å². The third-order valence-corrected chi connectivity index (χ3v) is 3.98. The van der Waals surface area contributed by atoms with Crippen LogP contribution < -0.4 is 5.32 Å². The van der Waals surface area contributed by atoms with Gasteiger partial charge in [0.05, 0.1) is 0 Å². The predicted molar refractivity (Wildman–Crippen MR) is 88.5 cm³/mol. The van der Waals surface area contributed by atoms with E-state index in [4.69, 9.17) is 0 Å². The Morgan fingerprint density at radius 1 is 1.19 bits per heavy atom. The molecule has 1 N–H and O–H groups in total. The van der Waals surface area contributed by atoms with Gasteiger partial charge in [-0.15, -0.1) is 0 Å². The molecular weight excluding hydrogens is 258 g/mol. The molecule has 0 spiro atoms. The molecule has 0 aliphatic heterocycles. The van der Waals surface area contributed by atoms with Crippen LogP contribution in [-0.4, -0.2) is 16.1 Å². The van der Waals surface area contributed by atoms with E-state index in [1.807, 2.05) is 6.20 Å². The van der Waals surface area contributed by atoms with Crippen molar-refractivity contribution in [3.05, 3.63) is 53.6 Å². The molecule has 1 heterocycles. The quantitative estimate of drug-likeness (QED) is 0.800. The second kappa shape index (κ2) is 7.99. The average Bonchev–Trinajstić information content (AvgIpc) is 2.98. The van der Waals surface area contributed by atoms with Crippen molar-refractivity contribution in [2.75, 3.05) is 6.54 Å². The molecule has 1 aromatic heterocycles. The zero-order valence-corrected chi connectivity index (χ0v) is 13.5. The van der Waals surface area contributed by atoms with E-state index in [1.54, 1.807) is 0 Å². The molecule has 1 aromatic carbocycles. The summed E-state index contributed by atoms with van der Waals surface area (Å²) in [5.41, 5.74) is 2.85. The fourth-order valence-corrected chi connectivity index (χ4v) is 2.81. The van der Waals surface area contributed by atoms with Gasteiger partial charge in [-0.05, 0) is 37.4 Å². The molecule has 0 amide bonds. The number of benzene rings is 1. The summed E-state index contributed by atoms with van der Waals surface area (Å²) in [5, 5.41) is 3.70. The third kappa shape index (κ3) is 3.94. The highest BCUT2D eigenvalue weighted by molar-refractivity contribution is 5.30. The lowest BCUT2D eigenvalue weighted by Gasteiger charge is -2.22. The number of rotatable bonds is 8. The van der Waals surface area contributed by atoms with Crippen molar-refractivity contribution in [3.63, 3.8) is 0 Å². The topological polar surface area (TPSA) is 29.9 Å². The normalized spacial score (nSPS) is 12.5. The Bertz CT molecular complexity index is 545. The summed E-state index contributed by atoms with van der Waals surface area (Å²) in [5.74, 6) is 1.16. The second-order valence-electron chi connectivity index (χ2n) is 5.39. The lowest BCUT2D eigenvalue weighted by Crippen LogP contribution is -2.26. The van der Waals surface area contributed by atoms with E-state index >= 15 is 0 Å². The van der Waals surface area contributed by atoms with Gasteiger partial charge in [0.1, 0.15) is 5.82 Å².